The molecule has 0 amide bonds. The van der Waals surface area contributed by atoms with E-state index in [0.717, 1.165) is 18.4 Å². The van der Waals surface area contributed by atoms with Crippen molar-refractivity contribution in [3.63, 3.8) is 0 Å². The van der Waals surface area contributed by atoms with Crippen LogP contribution < -0.4 is 9.47 Å². The van der Waals surface area contributed by atoms with Gasteiger partial charge in [-0.15, -0.1) is 0 Å². The van der Waals surface area contributed by atoms with Crippen molar-refractivity contribution in [3.05, 3.63) is 58.6 Å². The Morgan fingerprint density at radius 2 is 1.79 bits per heavy atom. The summed E-state index contributed by atoms with van der Waals surface area (Å²) >= 11 is 5.87. The minimum absolute atomic E-state index is 0.0936. The number of carbonyl (C=O) groups is 1. The van der Waals surface area contributed by atoms with E-state index in [4.69, 9.17) is 21.1 Å². The van der Waals surface area contributed by atoms with Crippen molar-refractivity contribution in [1.82, 2.24) is 0 Å². The lowest BCUT2D eigenvalue weighted by Crippen LogP contribution is -2.08. The third-order valence-electron chi connectivity index (χ3n) is 3.67. The van der Waals surface area contributed by atoms with Crippen LogP contribution in [0.4, 0.5) is 0 Å². The monoisotopic (exact) mass is 344 g/mol. The second-order valence-electron chi connectivity index (χ2n) is 5.47. The quantitative estimate of drug-likeness (QED) is 0.658. The number of rotatable bonds is 3. The van der Waals surface area contributed by atoms with Gasteiger partial charge in [0.15, 0.2) is 17.3 Å². The molecule has 0 fully saturated rings. The summed E-state index contributed by atoms with van der Waals surface area (Å²) < 4.78 is 11.3. The van der Waals surface area contributed by atoms with Crippen LogP contribution in [0.25, 0.3) is 6.08 Å². The maximum atomic E-state index is 12.2. The summed E-state index contributed by atoms with van der Waals surface area (Å²) in [6, 6.07) is 9.90. The lowest BCUT2D eigenvalue weighted by Gasteiger charge is -2.16. The molecule has 2 aromatic carbocycles. The van der Waals surface area contributed by atoms with Gasteiger partial charge in [-0.3, -0.25) is 4.79 Å². The lowest BCUT2D eigenvalue weighted by molar-refractivity contribution is 0.104. The molecule has 3 rings (SSSR count). The first-order chi connectivity index (χ1) is 11.6. The molecule has 0 aromatic heterocycles. The maximum Gasteiger partial charge on any atom is 0.189 e. The largest absolute Gasteiger partial charge is 0.507 e. The summed E-state index contributed by atoms with van der Waals surface area (Å²) in [5, 5.41) is 10.2. The number of benzene rings is 2. The molecule has 5 heteroatoms. The fourth-order valence-electron chi connectivity index (χ4n) is 2.40. The van der Waals surface area contributed by atoms with E-state index < -0.39 is 0 Å². The van der Waals surface area contributed by atoms with Crippen LogP contribution in [0.15, 0.2) is 42.5 Å². The molecule has 0 spiro atoms. The van der Waals surface area contributed by atoms with E-state index in [2.05, 4.69) is 0 Å². The Bertz CT molecular complexity index is 783. The normalized spacial score (nSPS) is 14.2. The number of carbonyl (C=O) groups excluding carboxylic acids is 1. The van der Waals surface area contributed by atoms with Crippen molar-refractivity contribution < 1.29 is 19.4 Å². The van der Waals surface area contributed by atoms with E-state index in [-0.39, 0.29) is 17.1 Å². The number of phenols is 1. The number of phenolic OH excluding ortho intramolecular Hbond substituents is 1. The van der Waals surface area contributed by atoms with Gasteiger partial charge in [-0.1, -0.05) is 23.7 Å². The Kier molecular flexibility index (Phi) is 5.06. The van der Waals surface area contributed by atoms with Crippen LogP contribution in [0.3, 0.4) is 0 Å². The molecule has 124 valence electrons. The van der Waals surface area contributed by atoms with Gasteiger partial charge in [0.05, 0.1) is 18.8 Å². The van der Waals surface area contributed by atoms with Gasteiger partial charge in [0.1, 0.15) is 5.75 Å². The Balaban J connectivity index is 1.80. The number of halogens is 1. The van der Waals surface area contributed by atoms with Crippen molar-refractivity contribution in [1.29, 1.82) is 0 Å². The van der Waals surface area contributed by atoms with Gasteiger partial charge >= 0.3 is 0 Å². The predicted molar refractivity (Wildman–Crippen MR) is 93.1 cm³/mol. The number of ketones is 1. The summed E-state index contributed by atoms with van der Waals surface area (Å²) in [5.41, 5.74) is 0.984. The number of hydrogen-bond donors (Lipinski definition) is 1. The van der Waals surface area contributed by atoms with E-state index in [1.54, 1.807) is 6.08 Å². The Morgan fingerprint density at radius 3 is 2.58 bits per heavy atom. The van der Waals surface area contributed by atoms with Crippen molar-refractivity contribution in [3.8, 4) is 17.2 Å². The third kappa shape index (κ3) is 3.89. The average molecular weight is 345 g/mol. The number of fused-ring (bicyclic) bond motifs is 1. The highest BCUT2D eigenvalue weighted by Gasteiger charge is 2.11. The second-order valence-corrected chi connectivity index (χ2v) is 5.91. The molecule has 1 aliphatic rings. The molecule has 0 bridgehead atoms. The van der Waals surface area contributed by atoms with E-state index in [9.17, 15) is 9.90 Å². The minimum Gasteiger partial charge on any atom is -0.507 e. The minimum atomic E-state index is -0.320. The van der Waals surface area contributed by atoms with Crippen LogP contribution in [0, 0.1) is 0 Å². The molecule has 2 aromatic rings. The second kappa shape index (κ2) is 7.41. The number of ether oxygens (including phenoxy) is 2. The highest BCUT2D eigenvalue weighted by molar-refractivity contribution is 6.31. The molecular formula is C19H17ClO4. The lowest BCUT2D eigenvalue weighted by atomic mass is 10.1. The average Bonchev–Trinajstić information content (AvgIpc) is 2.56. The van der Waals surface area contributed by atoms with Crippen molar-refractivity contribution in [2.24, 2.45) is 0 Å². The molecule has 0 saturated carbocycles. The Morgan fingerprint density at radius 1 is 1.04 bits per heavy atom. The van der Waals surface area contributed by atoms with Crippen LogP contribution in [-0.4, -0.2) is 24.1 Å². The molecule has 0 atom stereocenters. The molecule has 4 nitrogen and oxygen atoms in total. The summed E-state index contributed by atoms with van der Waals surface area (Å²) in [7, 11) is 0. The summed E-state index contributed by atoms with van der Waals surface area (Å²) in [4.78, 5) is 12.2. The van der Waals surface area contributed by atoms with E-state index in [0.29, 0.717) is 29.7 Å². The van der Waals surface area contributed by atoms with Crippen LogP contribution in [-0.2, 0) is 0 Å². The highest BCUT2D eigenvalue weighted by atomic mass is 35.5. The number of allylic oxidation sites excluding steroid dienone is 1. The molecule has 1 N–H and O–H groups in total. The highest BCUT2D eigenvalue weighted by Crippen LogP contribution is 2.30. The molecule has 0 radical (unpaired) electrons. The Hall–Kier alpha value is -2.46. The maximum absolute atomic E-state index is 12.2. The van der Waals surface area contributed by atoms with Crippen LogP contribution >= 0.6 is 11.6 Å². The smallest absolute Gasteiger partial charge is 0.189 e. The molecule has 1 heterocycles. The van der Waals surface area contributed by atoms with Crippen LogP contribution in [0.2, 0.25) is 5.02 Å². The topological polar surface area (TPSA) is 55.8 Å². The van der Waals surface area contributed by atoms with Gasteiger partial charge in [-0.2, -0.15) is 0 Å². The van der Waals surface area contributed by atoms with Crippen LogP contribution in [0.1, 0.15) is 28.8 Å². The van der Waals surface area contributed by atoms with Crippen molar-refractivity contribution in [2.75, 3.05) is 13.2 Å². The van der Waals surface area contributed by atoms with Gasteiger partial charge in [0, 0.05) is 5.02 Å². The zero-order valence-corrected chi connectivity index (χ0v) is 13.8. The molecular weight excluding hydrogens is 328 g/mol. The Labute approximate surface area is 145 Å². The number of aromatic hydroxyl groups is 1. The first-order valence-electron chi connectivity index (χ1n) is 7.74. The van der Waals surface area contributed by atoms with E-state index >= 15 is 0 Å². The molecule has 0 aliphatic carbocycles. The van der Waals surface area contributed by atoms with Crippen LogP contribution in [0.5, 0.6) is 17.2 Å². The predicted octanol–water partition coefficient (Wildman–Crippen LogP) is 4.49. The fraction of sp³-hybridized carbons (Fsp3) is 0.211. The van der Waals surface area contributed by atoms with Gasteiger partial charge in [0.25, 0.3) is 0 Å². The summed E-state index contributed by atoms with van der Waals surface area (Å²) in [6.07, 6.45) is 4.99. The van der Waals surface area contributed by atoms with E-state index in [1.165, 1.54) is 24.3 Å². The van der Waals surface area contributed by atoms with Gasteiger partial charge < -0.3 is 14.6 Å². The molecule has 1 aliphatic heterocycles. The van der Waals surface area contributed by atoms with Gasteiger partial charge in [-0.05, 0) is 54.8 Å². The summed E-state index contributed by atoms with van der Waals surface area (Å²) in [5.74, 6) is 0.975. The SMILES string of the molecule is O=C(/C=C/c1ccc2c(c1)OCCCCO2)c1cc(Cl)ccc1O. The standard InChI is InChI=1S/C19H17ClO4/c20-14-5-7-17(22)15(12-14)16(21)6-3-13-4-8-18-19(11-13)24-10-2-1-9-23-18/h3-8,11-12,22H,1-2,9-10H2/b6-3+. The fourth-order valence-corrected chi connectivity index (χ4v) is 2.57. The molecule has 24 heavy (non-hydrogen) atoms. The molecule has 0 saturated heterocycles. The van der Waals surface area contributed by atoms with Crippen molar-refractivity contribution >= 4 is 23.5 Å². The zero-order chi connectivity index (χ0) is 16.9. The molecule has 0 unspecified atom stereocenters. The third-order valence-corrected chi connectivity index (χ3v) is 3.91. The number of hydrogen-bond acceptors (Lipinski definition) is 4. The van der Waals surface area contributed by atoms with E-state index in [1.807, 2.05) is 18.2 Å². The summed E-state index contributed by atoms with van der Waals surface area (Å²) in [6.45, 7) is 1.33. The van der Waals surface area contributed by atoms with Gasteiger partial charge in [-0.25, -0.2) is 0 Å². The van der Waals surface area contributed by atoms with Gasteiger partial charge in [0.2, 0.25) is 0 Å². The van der Waals surface area contributed by atoms with Crippen molar-refractivity contribution in [2.45, 2.75) is 12.8 Å². The zero-order valence-electron chi connectivity index (χ0n) is 13.0. The first-order valence-corrected chi connectivity index (χ1v) is 8.12. The first kappa shape index (κ1) is 16.4.